The van der Waals surface area contributed by atoms with Gasteiger partial charge in [-0.25, -0.2) is 0 Å². The molecule has 2 aromatic heterocycles. The summed E-state index contributed by atoms with van der Waals surface area (Å²) in [6, 6.07) is 12.8. The van der Waals surface area contributed by atoms with Gasteiger partial charge in [0, 0.05) is 24.2 Å². The van der Waals surface area contributed by atoms with Crippen molar-refractivity contribution in [1.29, 1.82) is 0 Å². The Bertz CT molecular complexity index is 897. The van der Waals surface area contributed by atoms with Crippen molar-refractivity contribution in [1.82, 2.24) is 20.0 Å². The van der Waals surface area contributed by atoms with Crippen LogP contribution in [0.15, 0.2) is 53.2 Å². The maximum Gasteiger partial charge on any atom is 0.249 e. The number of rotatable bonds is 4. The van der Waals surface area contributed by atoms with Crippen molar-refractivity contribution < 1.29 is 9.32 Å². The van der Waals surface area contributed by atoms with Crippen molar-refractivity contribution >= 4 is 17.5 Å². The SMILES string of the molecule is O=C1CCC(c2nc(-c3ccccn3)no2)N1Cc1ccccc1Cl. The number of halogens is 1. The molecule has 0 N–H and O–H groups in total. The van der Waals surface area contributed by atoms with Crippen LogP contribution in [0, 0.1) is 0 Å². The van der Waals surface area contributed by atoms with E-state index in [0.717, 1.165) is 5.56 Å². The summed E-state index contributed by atoms with van der Waals surface area (Å²) in [5.74, 6) is 0.911. The lowest BCUT2D eigenvalue weighted by molar-refractivity contribution is -0.129. The van der Waals surface area contributed by atoms with Gasteiger partial charge in [-0.2, -0.15) is 4.98 Å². The first kappa shape index (κ1) is 15.8. The first-order chi connectivity index (χ1) is 12.2. The van der Waals surface area contributed by atoms with Gasteiger partial charge < -0.3 is 9.42 Å². The second-order valence-corrected chi connectivity index (χ2v) is 6.25. The van der Waals surface area contributed by atoms with E-state index in [4.69, 9.17) is 16.1 Å². The Balaban J connectivity index is 1.60. The topological polar surface area (TPSA) is 72.1 Å². The lowest BCUT2D eigenvalue weighted by atomic mass is 10.2. The summed E-state index contributed by atoms with van der Waals surface area (Å²) >= 11 is 6.23. The Morgan fingerprint density at radius 3 is 2.84 bits per heavy atom. The largest absolute Gasteiger partial charge is 0.337 e. The smallest absolute Gasteiger partial charge is 0.249 e. The van der Waals surface area contributed by atoms with Crippen molar-refractivity contribution in [2.24, 2.45) is 0 Å². The van der Waals surface area contributed by atoms with Crippen molar-refractivity contribution in [3.8, 4) is 11.5 Å². The van der Waals surface area contributed by atoms with Crippen LogP contribution >= 0.6 is 11.6 Å². The predicted octanol–water partition coefficient (Wildman–Crippen LogP) is 3.65. The zero-order valence-corrected chi connectivity index (χ0v) is 14.1. The molecule has 0 bridgehead atoms. The highest BCUT2D eigenvalue weighted by molar-refractivity contribution is 6.31. The van der Waals surface area contributed by atoms with E-state index in [-0.39, 0.29) is 11.9 Å². The van der Waals surface area contributed by atoms with Crippen LogP contribution in [0.4, 0.5) is 0 Å². The summed E-state index contributed by atoms with van der Waals surface area (Å²) in [5.41, 5.74) is 1.54. The number of benzene rings is 1. The highest BCUT2D eigenvalue weighted by Crippen LogP contribution is 2.34. The molecule has 0 saturated carbocycles. The van der Waals surface area contributed by atoms with Gasteiger partial charge in [0.05, 0.1) is 0 Å². The number of carbonyl (C=O) groups excluding carboxylic acids is 1. The van der Waals surface area contributed by atoms with Crippen LogP contribution in [0.25, 0.3) is 11.5 Å². The quantitative estimate of drug-likeness (QED) is 0.715. The van der Waals surface area contributed by atoms with Crippen molar-refractivity contribution in [3.63, 3.8) is 0 Å². The Kier molecular flexibility index (Phi) is 4.19. The van der Waals surface area contributed by atoms with Crippen LogP contribution in [0.1, 0.15) is 30.3 Å². The second-order valence-electron chi connectivity index (χ2n) is 5.84. The second kappa shape index (κ2) is 6.64. The third-order valence-electron chi connectivity index (χ3n) is 4.25. The number of amides is 1. The van der Waals surface area contributed by atoms with E-state index in [1.165, 1.54) is 0 Å². The first-order valence-corrected chi connectivity index (χ1v) is 8.38. The van der Waals surface area contributed by atoms with Crippen LogP contribution < -0.4 is 0 Å². The zero-order valence-electron chi connectivity index (χ0n) is 13.3. The molecule has 1 aliphatic heterocycles. The van der Waals surface area contributed by atoms with E-state index in [1.54, 1.807) is 11.1 Å². The summed E-state index contributed by atoms with van der Waals surface area (Å²) < 4.78 is 5.42. The lowest BCUT2D eigenvalue weighted by Gasteiger charge is -2.22. The molecule has 4 rings (SSSR count). The normalized spacial score (nSPS) is 17.2. The summed E-state index contributed by atoms with van der Waals surface area (Å²) in [6.07, 6.45) is 2.78. The fraction of sp³-hybridized carbons (Fsp3) is 0.222. The van der Waals surface area contributed by atoms with Gasteiger partial charge in [0.2, 0.25) is 17.6 Å². The number of hydrogen-bond donors (Lipinski definition) is 0. The van der Waals surface area contributed by atoms with Gasteiger partial charge in [0.1, 0.15) is 11.7 Å². The molecule has 1 saturated heterocycles. The Hall–Kier alpha value is -2.73. The average Bonchev–Trinajstić information content (AvgIpc) is 3.25. The maximum atomic E-state index is 12.3. The summed E-state index contributed by atoms with van der Waals surface area (Å²) in [5, 5.41) is 4.64. The molecule has 7 heteroatoms. The van der Waals surface area contributed by atoms with Crippen LogP contribution in [-0.2, 0) is 11.3 Å². The monoisotopic (exact) mass is 354 g/mol. The van der Waals surface area contributed by atoms with E-state index >= 15 is 0 Å². The molecule has 0 aliphatic carbocycles. The molecule has 1 atom stereocenters. The molecule has 6 nitrogen and oxygen atoms in total. The fourth-order valence-corrected chi connectivity index (χ4v) is 3.16. The molecule has 0 radical (unpaired) electrons. The van der Waals surface area contributed by atoms with Crippen molar-refractivity contribution in [2.75, 3.05) is 0 Å². The van der Waals surface area contributed by atoms with Gasteiger partial charge >= 0.3 is 0 Å². The summed E-state index contributed by atoms with van der Waals surface area (Å²) in [4.78, 5) is 22.7. The fourth-order valence-electron chi connectivity index (χ4n) is 2.97. The third-order valence-corrected chi connectivity index (χ3v) is 4.62. The molecule has 1 aliphatic rings. The maximum absolute atomic E-state index is 12.3. The van der Waals surface area contributed by atoms with E-state index in [2.05, 4.69) is 15.1 Å². The van der Waals surface area contributed by atoms with Crippen molar-refractivity contribution in [3.05, 3.63) is 65.1 Å². The van der Waals surface area contributed by atoms with Gasteiger partial charge in [-0.05, 0) is 30.2 Å². The van der Waals surface area contributed by atoms with Gasteiger partial charge in [-0.1, -0.05) is 41.0 Å². The minimum Gasteiger partial charge on any atom is -0.337 e. The standard InChI is InChI=1S/C18H15ClN4O2/c19-13-6-2-1-5-12(13)11-23-15(8-9-16(23)24)18-21-17(22-25-18)14-7-3-4-10-20-14/h1-7,10,15H,8-9,11H2. The Labute approximate surface area is 149 Å². The van der Waals surface area contributed by atoms with E-state index in [9.17, 15) is 4.79 Å². The Morgan fingerprint density at radius 1 is 1.20 bits per heavy atom. The molecule has 1 unspecified atom stereocenters. The molecule has 1 fully saturated rings. The van der Waals surface area contributed by atoms with E-state index in [1.807, 2.05) is 42.5 Å². The van der Waals surface area contributed by atoms with Gasteiger partial charge in [-0.3, -0.25) is 9.78 Å². The highest BCUT2D eigenvalue weighted by Gasteiger charge is 2.36. The van der Waals surface area contributed by atoms with Gasteiger partial charge in [-0.15, -0.1) is 0 Å². The average molecular weight is 355 g/mol. The molecular weight excluding hydrogens is 340 g/mol. The van der Waals surface area contributed by atoms with E-state index < -0.39 is 0 Å². The number of carbonyl (C=O) groups is 1. The van der Waals surface area contributed by atoms with Crippen LogP contribution in [0.3, 0.4) is 0 Å². The third kappa shape index (κ3) is 3.13. The van der Waals surface area contributed by atoms with Crippen LogP contribution in [0.5, 0.6) is 0 Å². The van der Waals surface area contributed by atoms with Crippen molar-refractivity contribution in [2.45, 2.75) is 25.4 Å². The number of nitrogens with zero attached hydrogens (tertiary/aromatic N) is 4. The Morgan fingerprint density at radius 2 is 2.04 bits per heavy atom. The lowest BCUT2D eigenvalue weighted by Crippen LogP contribution is -2.27. The minimum atomic E-state index is -0.242. The molecular formula is C18H15ClN4O2. The minimum absolute atomic E-state index is 0.0579. The van der Waals surface area contributed by atoms with Crippen LogP contribution in [0.2, 0.25) is 5.02 Å². The molecule has 3 heterocycles. The summed E-state index contributed by atoms with van der Waals surface area (Å²) in [7, 11) is 0. The summed E-state index contributed by atoms with van der Waals surface area (Å²) in [6.45, 7) is 0.421. The molecule has 1 amide bonds. The van der Waals surface area contributed by atoms with Gasteiger partial charge in [0.15, 0.2) is 0 Å². The number of aromatic nitrogens is 3. The van der Waals surface area contributed by atoms with E-state index in [0.29, 0.717) is 41.8 Å². The molecule has 0 spiro atoms. The number of likely N-dealkylation sites (tertiary alicyclic amines) is 1. The van der Waals surface area contributed by atoms with Crippen LogP contribution in [-0.4, -0.2) is 25.9 Å². The number of pyridine rings is 1. The number of hydrogen-bond acceptors (Lipinski definition) is 5. The molecule has 3 aromatic rings. The predicted molar refractivity (Wildman–Crippen MR) is 91.5 cm³/mol. The first-order valence-electron chi connectivity index (χ1n) is 8.00. The zero-order chi connectivity index (χ0) is 17.2. The molecule has 25 heavy (non-hydrogen) atoms. The molecule has 126 valence electrons. The van der Waals surface area contributed by atoms with Gasteiger partial charge in [0.25, 0.3) is 0 Å². The molecule has 1 aromatic carbocycles. The highest BCUT2D eigenvalue weighted by atomic mass is 35.5.